The molecule has 0 radical (unpaired) electrons. The minimum absolute atomic E-state index is 0.908. The summed E-state index contributed by atoms with van der Waals surface area (Å²) in [6.07, 6.45) is 7.90. The molecule has 0 aliphatic rings. The SMILES string of the molecule is C=C/C=C\C=C(/C)N(c1ccc(-c2ccc(-c3ccccc3)cc2)cc1)c1ccc(-c2cccc3c2oc2c3ccc3ccc4ccccc4c32)cc1. The summed E-state index contributed by atoms with van der Waals surface area (Å²) < 4.78 is 6.84. The first kappa shape index (κ1) is 32.0. The van der Waals surface area contributed by atoms with E-state index in [9.17, 15) is 0 Å². The number of nitrogens with zero attached hydrogens (tertiary/aromatic N) is 1. The zero-order valence-corrected chi connectivity index (χ0v) is 29.5. The van der Waals surface area contributed by atoms with Gasteiger partial charge in [-0.2, -0.15) is 0 Å². The summed E-state index contributed by atoms with van der Waals surface area (Å²) in [5.74, 6) is 0. The van der Waals surface area contributed by atoms with Crippen molar-refractivity contribution < 1.29 is 4.42 Å². The fourth-order valence-corrected chi connectivity index (χ4v) is 7.55. The molecule has 1 heterocycles. The van der Waals surface area contributed by atoms with E-state index in [0.29, 0.717) is 0 Å². The number of para-hydroxylation sites is 1. The molecule has 0 bridgehead atoms. The van der Waals surface area contributed by atoms with Gasteiger partial charge in [-0.05, 0) is 87.3 Å². The number of rotatable bonds is 8. The molecule has 0 unspecified atom stereocenters. The maximum Gasteiger partial charge on any atom is 0.143 e. The van der Waals surface area contributed by atoms with Crippen LogP contribution in [-0.2, 0) is 0 Å². The standard InChI is InChI=1S/C51H37NO/c1-3-4-6-12-35(2)52(43-30-25-39(26-31-43)38-21-19-37(20-22-38)36-13-7-5-8-14-36)44-32-27-41(28-33-44)46-17-11-18-47-48-34-29-42-24-23-40-15-9-10-16-45(40)49(42)51(48)53-50(46)47/h3-34H,1H2,2H3/b6-4-,35-12+. The van der Waals surface area contributed by atoms with Crippen LogP contribution in [0.2, 0.25) is 0 Å². The molecule has 252 valence electrons. The summed E-state index contributed by atoms with van der Waals surface area (Å²) in [6, 6.07) is 60.7. The number of allylic oxidation sites excluding steroid dienone is 5. The average Bonchev–Trinajstić information content (AvgIpc) is 3.61. The van der Waals surface area contributed by atoms with Crippen molar-refractivity contribution in [1.29, 1.82) is 0 Å². The number of hydrogen-bond donors (Lipinski definition) is 0. The second-order valence-corrected chi connectivity index (χ2v) is 13.4. The first-order chi connectivity index (χ1) is 26.2. The third-order valence-corrected chi connectivity index (χ3v) is 10.2. The Hall–Kier alpha value is -6.90. The van der Waals surface area contributed by atoms with Crippen molar-refractivity contribution in [2.24, 2.45) is 0 Å². The van der Waals surface area contributed by atoms with Crippen LogP contribution < -0.4 is 4.90 Å². The first-order valence-corrected chi connectivity index (χ1v) is 18.0. The van der Waals surface area contributed by atoms with Crippen molar-refractivity contribution in [3.8, 4) is 33.4 Å². The summed E-state index contributed by atoms with van der Waals surface area (Å²) in [7, 11) is 0. The van der Waals surface area contributed by atoms with Gasteiger partial charge in [-0.3, -0.25) is 0 Å². The highest BCUT2D eigenvalue weighted by molar-refractivity contribution is 6.23. The van der Waals surface area contributed by atoms with Crippen molar-refractivity contribution in [3.05, 3.63) is 206 Å². The summed E-state index contributed by atoms with van der Waals surface area (Å²) in [5, 5.41) is 7.03. The van der Waals surface area contributed by atoms with Gasteiger partial charge in [0.2, 0.25) is 0 Å². The second kappa shape index (κ2) is 13.7. The first-order valence-electron chi connectivity index (χ1n) is 18.0. The van der Waals surface area contributed by atoms with Crippen LogP contribution in [0.3, 0.4) is 0 Å². The summed E-state index contributed by atoms with van der Waals surface area (Å²) in [6.45, 7) is 5.98. The summed E-state index contributed by atoms with van der Waals surface area (Å²) >= 11 is 0. The van der Waals surface area contributed by atoms with Gasteiger partial charge in [-0.1, -0.05) is 164 Å². The molecule has 0 fully saturated rings. The van der Waals surface area contributed by atoms with E-state index in [1.165, 1.54) is 38.4 Å². The van der Waals surface area contributed by atoms with E-state index in [2.05, 4.69) is 194 Å². The lowest BCUT2D eigenvalue weighted by Gasteiger charge is -2.26. The highest BCUT2D eigenvalue weighted by Crippen LogP contribution is 2.41. The lowest BCUT2D eigenvalue weighted by atomic mass is 9.98. The predicted molar refractivity (Wildman–Crippen MR) is 227 cm³/mol. The van der Waals surface area contributed by atoms with Crippen molar-refractivity contribution in [3.63, 3.8) is 0 Å². The third-order valence-electron chi connectivity index (χ3n) is 10.2. The lowest BCUT2D eigenvalue weighted by Crippen LogP contribution is -2.14. The highest BCUT2D eigenvalue weighted by atomic mass is 16.3. The Bertz CT molecular complexity index is 2820. The minimum atomic E-state index is 0.908. The van der Waals surface area contributed by atoms with Crippen LogP contribution in [0, 0.1) is 0 Å². The van der Waals surface area contributed by atoms with E-state index in [0.717, 1.165) is 55.5 Å². The Labute approximate surface area is 309 Å². The molecule has 0 N–H and O–H groups in total. The highest BCUT2D eigenvalue weighted by Gasteiger charge is 2.17. The van der Waals surface area contributed by atoms with Crippen LogP contribution in [-0.4, -0.2) is 0 Å². The molecule has 9 aromatic rings. The van der Waals surface area contributed by atoms with Crippen molar-refractivity contribution in [2.45, 2.75) is 6.92 Å². The topological polar surface area (TPSA) is 16.4 Å². The third kappa shape index (κ3) is 5.91. The van der Waals surface area contributed by atoms with Gasteiger partial charge in [0.25, 0.3) is 0 Å². The smallest absolute Gasteiger partial charge is 0.143 e. The average molecular weight is 680 g/mol. The minimum Gasteiger partial charge on any atom is -0.455 e. The van der Waals surface area contributed by atoms with Crippen molar-refractivity contribution in [1.82, 2.24) is 0 Å². The fourth-order valence-electron chi connectivity index (χ4n) is 7.55. The van der Waals surface area contributed by atoms with E-state index >= 15 is 0 Å². The molecule has 2 heteroatoms. The normalized spacial score (nSPS) is 12.0. The van der Waals surface area contributed by atoms with Gasteiger partial charge in [0.05, 0.1) is 0 Å². The molecule has 8 aromatic carbocycles. The molecule has 9 rings (SSSR count). The Balaban J connectivity index is 1.08. The summed E-state index contributed by atoms with van der Waals surface area (Å²) in [5.41, 5.74) is 12.1. The second-order valence-electron chi connectivity index (χ2n) is 13.4. The molecule has 0 saturated heterocycles. The van der Waals surface area contributed by atoms with E-state index in [1.807, 2.05) is 12.2 Å². The monoisotopic (exact) mass is 679 g/mol. The maximum atomic E-state index is 6.84. The Morgan fingerprint density at radius 3 is 1.72 bits per heavy atom. The van der Waals surface area contributed by atoms with Gasteiger partial charge in [-0.25, -0.2) is 0 Å². The van der Waals surface area contributed by atoms with Crippen molar-refractivity contribution >= 4 is 54.9 Å². The van der Waals surface area contributed by atoms with Crippen LogP contribution >= 0.6 is 0 Å². The number of fused-ring (bicyclic) bond motifs is 7. The van der Waals surface area contributed by atoms with Crippen molar-refractivity contribution in [2.75, 3.05) is 4.90 Å². The maximum absolute atomic E-state index is 6.84. The van der Waals surface area contributed by atoms with Gasteiger partial charge in [0.15, 0.2) is 0 Å². The number of furan rings is 1. The van der Waals surface area contributed by atoms with Gasteiger partial charge < -0.3 is 9.32 Å². The van der Waals surface area contributed by atoms with Crippen LogP contribution in [0.4, 0.5) is 11.4 Å². The van der Waals surface area contributed by atoms with Gasteiger partial charge >= 0.3 is 0 Å². The quantitative estimate of drug-likeness (QED) is 0.117. The summed E-state index contributed by atoms with van der Waals surface area (Å²) in [4.78, 5) is 2.29. The van der Waals surface area contributed by atoms with E-state index in [4.69, 9.17) is 4.42 Å². The van der Waals surface area contributed by atoms with Crippen LogP contribution in [0.25, 0.3) is 76.9 Å². The molecule has 1 aromatic heterocycles. The fraction of sp³-hybridized carbons (Fsp3) is 0.0196. The van der Waals surface area contributed by atoms with Gasteiger partial charge in [0.1, 0.15) is 11.2 Å². The predicted octanol–water partition coefficient (Wildman–Crippen LogP) is 14.7. The molecule has 0 aliphatic heterocycles. The largest absolute Gasteiger partial charge is 0.455 e. The van der Waals surface area contributed by atoms with E-state index < -0.39 is 0 Å². The Morgan fingerprint density at radius 2 is 1.02 bits per heavy atom. The zero-order chi connectivity index (χ0) is 35.7. The van der Waals surface area contributed by atoms with E-state index in [-0.39, 0.29) is 0 Å². The molecule has 53 heavy (non-hydrogen) atoms. The molecule has 0 aliphatic carbocycles. The molecular weight excluding hydrogens is 643 g/mol. The zero-order valence-electron chi connectivity index (χ0n) is 29.5. The number of benzene rings is 8. The van der Waals surface area contributed by atoms with Gasteiger partial charge in [0, 0.05) is 38.8 Å². The molecular formula is C51H37NO. The number of anilines is 2. The van der Waals surface area contributed by atoms with Crippen LogP contribution in [0.1, 0.15) is 6.92 Å². The van der Waals surface area contributed by atoms with Gasteiger partial charge in [-0.15, -0.1) is 0 Å². The molecule has 0 amide bonds. The number of hydrogen-bond acceptors (Lipinski definition) is 2. The van der Waals surface area contributed by atoms with Crippen LogP contribution in [0.15, 0.2) is 211 Å². The Morgan fingerprint density at radius 1 is 0.472 bits per heavy atom. The lowest BCUT2D eigenvalue weighted by molar-refractivity contribution is 0.674. The van der Waals surface area contributed by atoms with Crippen LogP contribution in [0.5, 0.6) is 0 Å². The molecule has 0 saturated carbocycles. The molecule has 0 atom stereocenters. The van der Waals surface area contributed by atoms with E-state index in [1.54, 1.807) is 6.08 Å². The molecule has 0 spiro atoms. The molecule has 2 nitrogen and oxygen atoms in total. The Kier molecular flexibility index (Phi) is 8.26.